The van der Waals surface area contributed by atoms with Gasteiger partial charge in [-0.25, -0.2) is 4.79 Å². The number of carboxylic acids is 1. The largest absolute Gasteiger partial charge is 0.478 e. The van der Waals surface area contributed by atoms with E-state index in [1.807, 2.05) is 0 Å². The van der Waals surface area contributed by atoms with Crippen molar-refractivity contribution >= 4 is 45.7 Å². The van der Waals surface area contributed by atoms with E-state index in [2.05, 4.69) is 5.32 Å². The fourth-order valence-electron chi connectivity index (χ4n) is 3.75. The van der Waals surface area contributed by atoms with Gasteiger partial charge in [0.25, 0.3) is 11.8 Å². The average Bonchev–Trinajstić information content (AvgIpc) is 3.15. The smallest absolute Gasteiger partial charge is 0.417 e. The lowest BCUT2D eigenvalue weighted by Gasteiger charge is -2.28. The third-order valence-corrected chi connectivity index (χ3v) is 6.74. The Kier molecular flexibility index (Phi) is 6.37. The lowest BCUT2D eigenvalue weighted by molar-refractivity contribution is -0.138. The molecule has 2 aromatic carbocycles. The molecule has 3 aromatic rings. The predicted molar refractivity (Wildman–Crippen MR) is 121 cm³/mol. The summed E-state index contributed by atoms with van der Waals surface area (Å²) in [6.07, 6.45) is -4.56. The van der Waals surface area contributed by atoms with Gasteiger partial charge in [0.1, 0.15) is 5.00 Å². The Morgan fingerprint density at radius 2 is 1.74 bits per heavy atom. The van der Waals surface area contributed by atoms with Crippen molar-refractivity contribution in [3.05, 3.63) is 86.2 Å². The Morgan fingerprint density at radius 3 is 2.38 bits per heavy atom. The van der Waals surface area contributed by atoms with Gasteiger partial charge in [-0.3, -0.25) is 9.59 Å². The molecular weight excluding hydrogens is 493 g/mol. The summed E-state index contributed by atoms with van der Waals surface area (Å²) in [7, 11) is 0. The van der Waals surface area contributed by atoms with Gasteiger partial charge in [0.05, 0.1) is 23.2 Å². The lowest BCUT2D eigenvalue weighted by atomic mass is 10.0. The Labute approximate surface area is 200 Å². The van der Waals surface area contributed by atoms with E-state index in [1.165, 1.54) is 41.3 Å². The molecule has 0 aliphatic carbocycles. The number of carboxylic acid groups (broad SMARTS) is 1. The van der Waals surface area contributed by atoms with Crippen LogP contribution in [0.4, 0.5) is 18.2 Å². The number of fused-ring (bicyclic) bond motifs is 1. The molecule has 0 saturated carbocycles. The molecule has 4 rings (SSSR count). The average molecular weight is 509 g/mol. The number of aromatic carboxylic acids is 1. The van der Waals surface area contributed by atoms with Crippen LogP contribution in [0.25, 0.3) is 0 Å². The SMILES string of the molecule is O=C(Nc1sc2c(c1C(=O)O)CCN(C(=O)c1ccccc1C(F)(F)F)C2)c1ccc(Cl)cc1. The second kappa shape index (κ2) is 9.11. The first-order valence-corrected chi connectivity index (χ1v) is 11.2. The van der Waals surface area contributed by atoms with E-state index in [1.54, 1.807) is 0 Å². The van der Waals surface area contributed by atoms with Gasteiger partial charge in [0, 0.05) is 22.0 Å². The van der Waals surface area contributed by atoms with Gasteiger partial charge in [0.15, 0.2) is 0 Å². The van der Waals surface area contributed by atoms with E-state index in [9.17, 15) is 32.7 Å². The van der Waals surface area contributed by atoms with Crippen molar-refractivity contribution in [2.75, 3.05) is 11.9 Å². The molecule has 176 valence electrons. The number of alkyl halides is 3. The van der Waals surface area contributed by atoms with Gasteiger partial charge >= 0.3 is 12.1 Å². The summed E-state index contributed by atoms with van der Waals surface area (Å²) < 4.78 is 40.1. The van der Waals surface area contributed by atoms with Crippen molar-refractivity contribution in [1.29, 1.82) is 0 Å². The fraction of sp³-hybridized carbons (Fsp3) is 0.174. The number of anilines is 1. The minimum atomic E-state index is -4.69. The van der Waals surface area contributed by atoms with E-state index in [0.717, 1.165) is 23.5 Å². The number of rotatable bonds is 4. The zero-order chi connectivity index (χ0) is 24.6. The van der Waals surface area contributed by atoms with Gasteiger partial charge in [-0.1, -0.05) is 23.7 Å². The van der Waals surface area contributed by atoms with Crippen LogP contribution in [0.5, 0.6) is 0 Å². The van der Waals surface area contributed by atoms with Crippen LogP contribution in [-0.4, -0.2) is 34.3 Å². The van der Waals surface area contributed by atoms with E-state index < -0.39 is 35.1 Å². The Morgan fingerprint density at radius 1 is 1.06 bits per heavy atom. The number of hydrogen-bond acceptors (Lipinski definition) is 4. The van der Waals surface area contributed by atoms with Crippen LogP contribution in [0.3, 0.4) is 0 Å². The maximum absolute atomic E-state index is 13.4. The maximum atomic E-state index is 13.4. The summed E-state index contributed by atoms with van der Waals surface area (Å²) in [5.41, 5.74) is -0.848. The summed E-state index contributed by atoms with van der Waals surface area (Å²) in [5, 5.41) is 12.9. The molecule has 2 N–H and O–H groups in total. The van der Waals surface area contributed by atoms with Crippen LogP contribution in [0.1, 0.15) is 47.1 Å². The number of halogens is 4. The third kappa shape index (κ3) is 4.64. The Bertz CT molecular complexity index is 1290. The second-order valence-electron chi connectivity index (χ2n) is 7.49. The number of benzene rings is 2. The minimum absolute atomic E-state index is 0.0413. The molecule has 0 bridgehead atoms. The molecule has 0 atom stereocenters. The fourth-order valence-corrected chi connectivity index (χ4v) is 5.13. The molecule has 0 saturated heterocycles. The topological polar surface area (TPSA) is 86.7 Å². The minimum Gasteiger partial charge on any atom is -0.478 e. The predicted octanol–water partition coefficient (Wildman–Crippen LogP) is 5.57. The highest BCUT2D eigenvalue weighted by Crippen LogP contribution is 2.39. The van der Waals surface area contributed by atoms with Crippen LogP contribution in [0.15, 0.2) is 48.5 Å². The van der Waals surface area contributed by atoms with Crippen molar-refractivity contribution in [2.24, 2.45) is 0 Å². The molecule has 6 nitrogen and oxygen atoms in total. The highest BCUT2D eigenvalue weighted by atomic mass is 35.5. The quantitative estimate of drug-likeness (QED) is 0.482. The van der Waals surface area contributed by atoms with Crippen LogP contribution in [0.2, 0.25) is 5.02 Å². The number of carbonyl (C=O) groups excluding carboxylic acids is 2. The van der Waals surface area contributed by atoms with Crippen molar-refractivity contribution < 1.29 is 32.7 Å². The molecule has 1 aromatic heterocycles. The van der Waals surface area contributed by atoms with E-state index >= 15 is 0 Å². The molecule has 11 heteroatoms. The van der Waals surface area contributed by atoms with Crippen LogP contribution >= 0.6 is 22.9 Å². The van der Waals surface area contributed by atoms with E-state index in [4.69, 9.17) is 11.6 Å². The monoisotopic (exact) mass is 508 g/mol. The molecule has 0 radical (unpaired) electrons. The van der Waals surface area contributed by atoms with Crippen molar-refractivity contribution in [1.82, 2.24) is 4.90 Å². The van der Waals surface area contributed by atoms with Gasteiger partial charge in [-0.05, 0) is 48.4 Å². The first-order valence-electron chi connectivity index (χ1n) is 9.96. The van der Waals surface area contributed by atoms with E-state index in [0.29, 0.717) is 15.5 Å². The molecule has 1 aliphatic heterocycles. The summed E-state index contributed by atoms with van der Waals surface area (Å²) >= 11 is 6.82. The first-order chi connectivity index (χ1) is 16.1. The van der Waals surface area contributed by atoms with Crippen LogP contribution < -0.4 is 5.32 Å². The normalized spacial score (nSPS) is 13.4. The van der Waals surface area contributed by atoms with Crippen molar-refractivity contribution in [3.8, 4) is 0 Å². The number of amides is 2. The molecule has 0 spiro atoms. The molecule has 0 fully saturated rings. The molecule has 1 aliphatic rings. The van der Waals surface area contributed by atoms with Crippen molar-refractivity contribution in [3.63, 3.8) is 0 Å². The molecule has 34 heavy (non-hydrogen) atoms. The van der Waals surface area contributed by atoms with Gasteiger partial charge < -0.3 is 15.3 Å². The highest BCUT2D eigenvalue weighted by Gasteiger charge is 2.37. The number of hydrogen-bond donors (Lipinski definition) is 2. The van der Waals surface area contributed by atoms with Crippen LogP contribution in [-0.2, 0) is 19.1 Å². The summed E-state index contributed by atoms with van der Waals surface area (Å²) in [6.45, 7) is -0.0261. The van der Waals surface area contributed by atoms with Gasteiger partial charge in [-0.2, -0.15) is 13.2 Å². The summed E-state index contributed by atoms with van der Waals surface area (Å²) in [4.78, 5) is 39.2. The van der Waals surface area contributed by atoms with Gasteiger partial charge in [-0.15, -0.1) is 11.3 Å². The second-order valence-corrected chi connectivity index (χ2v) is 9.04. The Balaban J connectivity index is 1.62. The third-order valence-electron chi connectivity index (χ3n) is 5.35. The number of nitrogens with zero attached hydrogens (tertiary/aromatic N) is 1. The lowest BCUT2D eigenvalue weighted by Crippen LogP contribution is -2.36. The number of carbonyl (C=O) groups is 3. The first kappa shape index (κ1) is 23.8. The maximum Gasteiger partial charge on any atom is 0.417 e. The summed E-state index contributed by atoms with van der Waals surface area (Å²) in [5.74, 6) is -2.58. The number of thiophene rings is 1. The molecule has 0 unspecified atom stereocenters. The van der Waals surface area contributed by atoms with Gasteiger partial charge in [0.2, 0.25) is 0 Å². The number of nitrogens with one attached hydrogen (secondary N) is 1. The standard InChI is InChI=1S/C23H16ClF3N2O4S/c24-13-7-5-12(6-8-13)19(30)28-20-18(22(32)33)15-9-10-29(11-17(15)34-20)21(31)14-3-1-2-4-16(14)23(25,26)27/h1-8H,9-11H2,(H,28,30)(H,32,33). The molecule has 2 amide bonds. The molecule has 2 heterocycles. The zero-order valence-electron chi connectivity index (χ0n) is 17.3. The van der Waals surface area contributed by atoms with E-state index in [-0.39, 0.29) is 35.6 Å². The van der Waals surface area contributed by atoms with Crippen molar-refractivity contribution in [2.45, 2.75) is 19.1 Å². The molecular formula is C23H16ClF3N2O4S. The summed E-state index contributed by atoms with van der Waals surface area (Å²) in [6, 6.07) is 10.6. The van der Waals surface area contributed by atoms with Crippen LogP contribution in [0, 0.1) is 0 Å². The Hall–Kier alpha value is -3.37. The zero-order valence-corrected chi connectivity index (χ0v) is 18.9. The highest BCUT2D eigenvalue weighted by molar-refractivity contribution is 7.17.